The molecule has 2 N–H and O–H groups in total. The van der Waals surface area contributed by atoms with E-state index in [1.54, 1.807) is 31.5 Å². The summed E-state index contributed by atoms with van der Waals surface area (Å²) in [6, 6.07) is 3.24. The zero-order chi connectivity index (χ0) is 18.0. The largest absolute Gasteiger partial charge is 0.466 e. The highest BCUT2D eigenvalue weighted by molar-refractivity contribution is 5.85. The first-order valence-electron chi connectivity index (χ1n) is 8.50. The lowest BCUT2D eigenvalue weighted by Gasteiger charge is -2.27. The summed E-state index contributed by atoms with van der Waals surface area (Å²) in [5.41, 5.74) is -0.496. The van der Waals surface area contributed by atoms with Gasteiger partial charge in [-0.1, -0.05) is 0 Å². The third-order valence-corrected chi connectivity index (χ3v) is 4.59. The molecule has 134 valence electrons. The highest BCUT2D eigenvalue weighted by Crippen LogP contribution is 2.27. The molecule has 0 radical (unpaired) electrons. The number of aromatic nitrogens is 2. The van der Waals surface area contributed by atoms with Crippen LogP contribution in [0, 0.1) is 13.8 Å². The van der Waals surface area contributed by atoms with Crippen LogP contribution in [0.3, 0.4) is 0 Å². The first-order valence-corrected chi connectivity index (χ1v) is 8.50. The highest BCUT2D eigenvalue weighted by atomic mass is 16.3. The molecule has 3 heterocycles. The maximum atomic E-state index is 12.7. The van der Waals surface area contributed by atoms with Crippen molar-refractivity contribution >= 4 is 11.9 Å². The number of nitrogens with one attached hydrogen (secondary N) is 1. The molecule has 2 aromatic rings. The van der Waals surface area contributed by atoms with Crippen LogP contribution in [-0.4, -0.2) is 40.1 Å². The molecule has 0 bridgehead atoms. The molecule has 7 nitrogen and oxygen atoms in total. The highest BCUT2D eigenvalue weighted by Gasteiger charge is 2.34. The van der Waals surface area contributed by atoms with Crippen LogP contribution >= 0.6 is 0 Å². The molecule has 1 amide bonds. The molecule has 2 aromatic heterocycles. The summed E-state index contributed by atoms with van der Waals surface area (Å²) in [6.07, 6.45) is 5.00. The number of hydrogen-bond donors (Lipinski definition) is 2. The Labute approximate surface area is 147 Å². The van der Waals surface area contributed by atoms with Gasteiger partial charge in [0, 0.05) is 24.5 Å². The second-order valence-electron chi connectivity index (χ2n) is 6.72. The molecule has 1 saturated heterocycles. The quantitative estimate of drug-likeness (QED) is 0.857. The average molecular weight is 344 g/mol. The Bertz CT molecular complexity index is 742. The Morgan fingerprint density at radius 3 is 2.80 bits per heavy atom. The molecule has 1 aliphatic rings. The normalized spacial score (nSPS) is 19.7. The maximum Gasteiger partial charge on any atom is 0.242 e. The van der Waals surface area contributed by atoms with Crippen LogP contribution in [0.1, 0.15) is 36.8 Å². The minimum atomic E-state index is -1.19. The van der Waals surface area contributed by atoms with E-state index in [1.807, 2.05) is 18.7 Å². The van der Waals surface area contributed by atoms with E-state index in [4.69, 9.17) is 4.42 Å². The van der Waals surface area contributed by atoms with E-state index in [0.717, 1.165) is 25.1 Å². The molecule has 0 saturated carbocycles. The van der Waals surface area contributed by atoms with Gasteiger partial charge >= 0.3 is 0 Å². The van der Waals surface area contributed by atoms with Gasteiger partial charge in [0.1, 0.15) is 23.2 Å². The average Bonchev–Trinajstić information content (AvgIpc) is 3.20. The van der Waals surface area contributed by atoms with Gasteiger partial charge in [0.25, 0.3) is 0 Å². The number of nitrogens with zero attached hydrogens (tertiary/aromatic N) is 3. The van der Waals surface area contributed by atoms with E-state index >= 15 is 0 Å². The first kappa shape index (κ1) is 17.4. The molecule has 2 atom stereocenters. The maximum absolute atomic E-state index is 12.7. The summed E-state index contributed by atoms with van der Waals surface area (Å²) in [6.45, 7) is 6.19. The van der Waals surface area contributed by atoms with Gasteiger partial charge in [-0.2, -0.15) is 0 Å². The number of hydrogen-bond acceptors (Lipinski definition) is 6. The summed E-state index contributed by atoms with van der Waals surface area (Å²) in [5.74, 6) is 1.84. The smallest absolute Gasteiger partial charge is 0.242 e. The molecule has 0 aliphatic carbocycles. The zero-order valence-corrected chi connectivity index (χ0v) is 14.8. The molecular weight excluding hydrogens is 320 g/mol. The lowest BCUT2D eigenvalue weighted by molar-refractivity contribution is -0.123. The molecular formula is C18H24N4O3. The molecule has 1 fully saturated rings. The summed E-state index contributed by atoms with van der Waals surface area (Å²) in [5, 5.41) is 13.6. The van der Waals surface area contributed by atoms with E-state index in [0.29, 0.717) is 17.3 Å². The van der Waals surface area contributed by atoms with Crippen molar-refractivity contribution in [2.24, 2.45) is 0 Å². The van der Waals surface area contributed by atoms with Crippen molar-refractivity contribution in [1.29, 1.82) is 0 Å². The van der Waals surface area contributed by atoms with E-state index in [9.17, 15) is 9.90 Å². The van der Waals surface area contributed by atoms with Crippen molar-refractivity contribution in [3.8, 4) is 0 Å². The third kappa shape index (κ3) is 3.66. The van der Waals surface area contributed by atoms with Crippen LogP contribution in [0.15, 0.2) is 28.9 Å². The summed E-state index contributed by atoms with van der Waals surface area (Å²) >= 11 is 0. The Balaban J connectivity index is 1.66. The van der Waals surface area contributed by atoms with Crippen LogP contribution < -0.4 is 10.2 Å². The standard InChI is InChI=1S/C18H24N4O3/c1-12-10-14(13(2)25-12)18(3,24)11-21-16(23)15-6-4-9-22(15)17-19-7-5-8-20-17/h5,7-8,10,15,24H,4,6,9,11H2,1-3H3,(H,21,23)/t15-,18-/m1/s1. The van der Waals surface area contributed by atoms with Crippen molar-refractivity contribution < 1.29 is 14.3 Å². The third-order valence-electron chi connectivity index (χ3n) is 4.59. The van der Waals surface area contributed by atoms with Gasteiger partial charge in [0.15, 0.2) is 0 Å². The molecule has 0 aromatic carbocycles. The summed E-state index contributed by atoms with van der Waals surface area (Å²) in [4.78, 5) is 23.0. The predicted octanol–water partition coefficient (Wildman–Crippen LogP) is 1.68. The number of furan rings is 1. The molecule has 25 heavy (non-hydrogen) atoms. The molecule has 7 heteroatoms. The number of carbonyl (C=O) groups is 1. The predicted molar refractivity (Wildman–Crippen MR) is 93.2 cm³/mol. The molecule has 0 unspecified atom stereocenters. The van der Waals surface area contributed by atoms with Crippen LogP contribution in [-0.2, 0) is 10.4 Å². The fraction of sp³-hybridized carbons (Fsp3) is 0.500. The van der Waals surface area contributed by atoms with Gasteiger partial charge in [-0.15, -0.1) is 0 Å². The van der Waals surface area contributed by atoms with Crippen LogP contribution in [0.5, 0.6) is 0 Å². The van der Waals surface area contributed by atoms with E-state index in [-0.39, 0.29) is 18.5 Å². The van der Waals surface area contributed by atoms with E-state index < -0.39 is 5.60 Å². The van der Waals surface area contributed by atoms with Crippen molar-refractivity contribution in [2.75, 3.05) is 18.0 Å². The van der Waals surface area contributed by atoms with Crippen molar-refractivity contribution in [3.63, 3.8) is 0 Å². The number of amides is 1. The van der Waals surface area contributed by atoms with Gasteiger partial charge in [-0.25, -0.2) is 9.97 Å². The van der Waals surface area contributed by atoms with Crippen molar-refractivity contribution in [2.45, 2.75) is 45.3 Å². The summed E-state index contributed by atoms with van der Waals surface area (Å²) < 4.78 is 5.48. The molecule has 0 spiro atoms. The second-order valence-corrected chi connectivity index (χ2v) is 6.72. The number of aryl methyl sites for hydroxylation is 2. The van der Waals surface area contributed by atoms with E-state index in [2.05, 4.69) is 15.3 Å². The van der Waals surface area contributed by atoms with Crippen LogP contribution in [0.4, 0.5) is 5.95 Å². The fourth-order valence-corrected chi connectivity index (χ4v) is 3.36. The minimum absolute atomic E-state index is 0.117. The van der Waals surface area contributed by atoms with Gasteiger partial charge in [0.2, 0.25) is 11.9 Å². The fourth-order valence-electron chi connectivity index (χ4n) is 3.36. The van der Waals surface area contributed by atoms with Crippen LogP contribution in [0.25, 0.3) is 0 Å². The zero-order valence-electron chi connectivity index (χ0n) is 14.8. The minimum Gasteiger partial charge on any atom is -0.466 e. The van der Waals surface area contributed by atoms with E-state index in [1.165, 1.54) is 0 Å². The van der Waals surface area contributed by atoms with Crippen molar-refractivity contribution in [1.82, 2.24) is 15.3 Å². The molecule has 3 rings (SSSR count). The first-order chi connectivity index (χ1) is 11.9. The topological polar surface area (TPSA) is 91.5 Å². The van der Waals surface area contributed by atoms with Crippen molar-refractivity contribution in [3.05, 3.63) is 41.6 Å². The van der Waals surface area contributed by atoms with Gasteiger partial charge in [-0.05, 0) is 45.7 Å². The Kier molecular flexibility index (Phi) is 4.76. The van der Waals surface area contributed by atoms with Gasteiger partial charge < -0.3 is 19.7 Å². The molecule has 1 aliphatic heterocycles. The number of rotatable bonds is 5. The Morgan fingerprint density at radius 2 is 2.16 bits per heavy atom. The lowest BCUT2D eigenvalue weighted by Crippen LogP contribution is -2.48. The number of anilines is 1. The van der Waals surface area contributed by atoms with Crippen LogP contribution in [0.2, 0.25) is 0 Å². The van der Waals surface area contributed by atoms with Gasteiger partial charge in [-0.3, -0.25) is 4.79 Å². The van der Waals surface area contributed by atoms with Gasteiger partial charge in [0.05, 0.1) is 6.54 Å². The Morgan fingerprint density at radius 1 is 1.44 bits per heavy atom. The number of aliphatic hydroxyl groups is 1. The second kappa shape index (κ2) is 6.84. The summed E-state index contributed by atoms with van der Waals surface area (Å²) in [7, 11) is 0. The monoisotopic (exact) mass is 344 g/mol. The Hall–Kier alpha value is -2.41. The SMILES string of the molecule is Cc1cc([C@](C)(O)CNC(=O)[C@H]2CCCN2c2ncccn2)c(C)o1. The number of carbonyl (C=O) groups excluding carboxylic acids is 1. The lowest BCUT2D eigenvalue weighted by atomic mass is 9.96.